The van der Waals surface area contributed by atoms with Crippen LogP contribution >= 0.6 is 0 Å². The molecular formula is C58H42N2. The van der Waals surface area contributed by atoms with Crippen molar-refractivity contribution in [2.24, 2.45) is 0 Å². The average molecular weight is 767 g/mol. The normalized spacial score (nSPS) is 15.7. The number of nitrogens with zero attached hydrogens (tertiary/aromatic N) is 2. The van der Waals surface area contributed by atoms with Crippen molar-refractivity contribution in [2.75, 3.05) is 9.80 Å². The van der Waals surface area contributed by atoms with Gasteiger partial charge in [-0.25, -0.2) is 0 Å². The molecule has 0 heterocycles. The van der Waals surface area contributed by atoms with Crippen LogP contribution in [0, 0.1) is 0 Å². The first-order chi connectivity index (χ1) is 29.6. The third-order valence-corrected chi connectivity index (χ3v) is 13.4. The minimum atomic E-state index is -0.647. The molecule has 0 saturated carbocycles. The first kappa shape index (κ1) is 34.6. The van der Waals surface area contributed by atoms with Crippen molar-refractivity contribution < 1.29 is 0 Å². The summed E-state index contributed by atoms with van der Waals surface area (Å²) in [6, 6.07) is 81.0. The molecule has 1 unspecified atom stereocenters. The molecule has 3 aliphatic carbocycles. The zero-order valence-electron chi connectivity index (χ0n) is 33.7. The van der Waals surface area contributed by atoms with Crippen LogP contribution in [0.15, 0.2) is 218 Å². The van der Waals surface area contributed by atoms with Gasteiger partial charge in [-0.3, -0.25) is 0 Å². The summed E-state index contributed by atoms with van der Waals surface area (Å²) >= 11 is 0. The second-order valence-electron chi connectivity index (χ2n) is 16.8. The number of hydrogen-bond donors (Lipinski definition) is 0. The van der Waals surface area contributed by atoms with E-state index in [9.17, 15) is 0 Å². The number of fused-ring (bicyclic) bond motifs is 13. The first-order valence-corrected chi connectivity index (χ1v) is 21.0. The van der Waals surface area contributed by atoms with E-state index in [1.807, 2.05) is 0 Å². The quantitative estimate of drug-likeness (QED) is 0.166. The van der Waals surface area contributed by atoms with Crippen LogP contribution in [0.5, 0.6) is 0 Å². The zero-order valence-corrected chi connectivity index (χ0v) is 33.7. The molecule has 2 nitrogen and oxygen atoms in total. The molecule has 284 valence electrons. The van der Waals surface area contributed by atoms with E-state index in [1.54, 1.807) is 0 Å². The number of benzene rings is 9. The van der Waals surface area contributed by atoms with Crippen molar-refractivity contribution in [3.63, 3.8) is 0 Å². The molecule has 9 aromatic rings. The molecular weight excluding hydrogens is 725 g/mol. The molecule has 1 spiro atoms. The van der Waals surface area contributed by atoms with Gasteiger partial charge < -0.3 is 9.80 Å². The van der Waals surface area contributed by atoms with Crippen LogP contribution in [0.2, 0.25) is 0 Å². The molecule has 0 bridgehead atoms. The molecule has 9 aromatic carbocycles. The first-order valence-electron chi connectivity index (χ1n) is 21.0. The average Bonchev–Trinajstić information content (AvgIpc) is 3.87. The summed E-state index contributed by atoms with van der Waals surface area (Å²) in [5.74, 6) is 0. The summed E-state index contributed by atoms with van der Waals surface area (Å²) in [7, 11) is 0. The van der Waals surface area contributed by atoms with Crippen LogP contribution in [0.4, 0.5) is 34.1 Å². The Bertz CT molecular complexity index is 3080. The van der Waals surface area contributed by atoms with E-state index in [0.29, 0.717) is 0 Å². The Hall–Kier alpha value is -7.42. The maximum Gasteiger partial charge on any atom is 0.0766 e. The third-order valence-electron chi connectivity index (χ3n) is 13.4. The summed E-state index contributed by atoms with van der Waals surface area (Å²) in [6.07, 6.45) is 0. The Morgan fingerprint density at radius 2 is 0.650 bits per heavy atom. The van der Waals surface area contributed by atoms with Gasteiger partial charge in [0.05, 0.1) is 16.8 Å². The fourth-order valence-corrected chi connectivity index (χ4v) is 11.0. The third kappa shape index (κ3) is 4.70. The van der Waals surface area contributed by atoms with E-state index in [0.717, 1.165) is 22.7 Å². The van der Waals surface area contributed by atoms with E-state index in [4.69, 9.17) is 0 Å². The maximum absolute atomic E-state index is 2.53. The molecule has 1 atom stereocenters. The van der Waals surface area contributed by atoms with Gasteiger partial charge in [-0.2, -0.15) is 0 Å². The Kier molecular flexibility index (Phi) is 7.52. The fourth-order valence-electron chi connectivity index (χ4n) is 11.0. The Labute approximate surface area is 352 Å². The summed E-state index contributed by atoms with van der Waals surface area (Å²) in [6.45, 7) is 4.75. The van der Waals surface area contributed by atoms with Gasteiger partial charge in [-0.15, -0.1) is 0 Å². The highest BCUT2D eigenvalue weighted by atomic mass is 15.2. The lowest BCUT2D eigenvalue weighted by Gasteiger charge is -2.38. The molecule has 2 heteroatoms. The van der Waals surface area contributed by atoms with Gasteiger partial charge >= 0.3 is 0 Å². The predicted octanol–water partition coefficient (Wildman–Crippen LogP) is 15.3. The molecule has 3 aliphatic rings. The number of para-hydroxylation sites is 3. The number of hydrogen-bond acceptors (Lipinski definition) is 2. The molecule has 0 saturated heterocycles. The molecule has 60 heavy (non-hydrogen) atoms. The van der Waals surface area contributed by atoms with Crippen LogP contribution in [-0.4, -0.2) is 0 Å². The van der Waals surface area contributed by atoms with Crippen molar-refractivity contribution in [2.45, 2.75) is 24.7 Å². The van der Waals surface area contributed by atoms with Crippen LogP contribution in [0.3, 0.4) is 0 Å². The predicted molar refractivity (Wildman–Crippen MR) is 250 cm³/mol. The van der Waals surface area contributed by atoms with Gasteiger partial charge in [0.2, 0.25) is 0 Å². The van der Waals surface area contributed by atoms with Gasteiger partial charge in [-0.1, -0.05) is 172 Å². The lowest BCUT2D eigenvalue weighted by atomic mass is 9.69. The van der Waals surface area contributed by atoms with E-state index in [2.05, 4.69) is 242 Å². The molecule has 0 radical (unpaired) electrons. The molecule has 0 amide bonds. The van der Waals surface area contributed by atoms with Gasteiger partial charge in [0.1, 0.15) is 0 Å². The maximum atomic E-state index is 2.53. The Balaban J connectivity index is 1.19. The summed E-state index contributed by atoms with van der Waals surface area (Å²) in [5.41, 5.74) is 21.8. The van der Waals surface area contributed by atoms with Crippen molar-refractivity contribution >= 4 is 34.1 Å². The van der Waals surface area contributed by atoms with Crippen molar-refractivity contribution in [1.82, 2.24) is 0 Å². The van der Waals surface area contributed by atoms with Crippen molar-refractivity contribution in [1.29, 1.82) is 0 Å². The van der Waals surface area contributed by atoms with Crippen LogP contribution in [0.25, 0.3) is 33.4 Å². The van der Waals surface area contributed by atoms with E-state index in [-0.39, 0.29) is 5.41 Å². The second-order valence-corrected chi connectivity index (χ2v) is 16.8. The standard InChI is InChI=1S/C58H42N2/c1-57(2)49-31-15-12-26-43(49)46-37-36-42(38-52(46)57)60(41-24-10-5-11-25-41)54-35-19-30-48-45-28-14-17-33-51(45)58(56(48)54)50-32-16-13-27-44(50)47-29-18-34-53(55(47)58)59(39-20-6-3-7-21-39)40-22-8-4-9-23-40/h3-38H,1-2H3. The summed E-state index contributed by atoms with van der Waals surface area (Å²) in [4.78, 5) is 4.99. The fraction of sp³-hybridized carbons (Fsp3) is 0.0690. The number of anilines is 6. The molecule has 0 N–H and O–H groups in total. The minimum Gasteiger partial charge on any atom is -0.310 e. The van der Waals surface area contributed by atoms with Crippen molar-refractivity contribution in [3.8, 4) is 33.4 Å². The highest BCUT2D eigenvalue weighted by Crippen LogP contribution is 2.67. The van der Waals surface area contributed by atoms with Crippen molar-refractivity contribution in [3.05, 3.63) is 252 Å². The SMILES string of the molecule is CC1(C)c2ccccc2-c2ccc(N(c3ccccc3)c3cccc4c3C3(c5ccccc5-c5cccc(N(c6ccccc6)c6ccccc6)c53)c3ccccc3-4)cc21. The Morgan fingerprint density at radius 1 is 0.283 bits per heavy atom. The monoisotopic (exact) mass is 766 g/mol. The minimum absolute atomic E-state index is 0.142. The van der Waals surface area contributed by atoms with Gasteiger partial charge in [0.25, 0.3) is 0 Å². The van der Waals surface area contributed by atoms with Gasteiger partial charge in [-0.05, 0) is 116 Å². The molecule has 0 aliphatic heterocycles. The smallest absolute Gasteiger partial charge is 0.0766 e. The van der Waals surface area contributed by atoms with E-state index < -0.39 is 5.41 Å². The molecule has 0 aromatic heterocycles. The van der Waals surface area contributed by atoms with Crippen LogP contribution in [0.1, 0.15) is 47.2 Å². The van der Waals surface area contributed by atoms with E-state index >= 15 is 0 Å². The van der Waals surface area contributed by atoms with Crippen LogP contribution < -0.4 is 9.80 Å². The largest absolute Gasteiger partial charge is 0.310 e. The zero-order chi connectivity index (χ0) is 40.0. The van der Waals surface area contributed by atoms with Gasteiger partial charge in [0, 0.05) is 39.3 Å². The topological polar surface area (TPSA) is 6.48 Å². The summed E-state index contributed by atoms with van der Waals surface area (Å²) < 4.78 is 0. The second kappa shape index (κ2) is 13.0. The lowest BCUT2D eigenvalue weighted by Crippen LogP contribution is -2.30. The highest BCUT2D eigenvalue weighted by molar-refractivity contribution is 6.03. The van der Waals surface area contributed by atoms with Gasteiger partial charge in [0.15, 0.2) is 0 Å². The number of rotatable bonds is 6. The van der Waals surface area contributed by atoms with E-state index in [1.165, 1.54) is 78.1 Å². The lowest BCUT2D eigenvalue weighted by molar-refractivity contribution is 0.660. The molecule has 12 rings (SSSR count). The summed E-state index contributed by atoms with van der Waals surface area (Å²) in [5, 5.41) is 0. The Morgan fingerprint density at radius 3 is 1.13 bits per heavy atom. The van der Waals surface area contributed by atoms with Crippen LogP contribution in [-0.2, 0) is 10.8 Å². The molecule has 0 fully saturated rings. The highest BCUT2D eigenvalue weighted by Gasteiger charge is 2.55.